The van der Waals surface area contributed by atoms with Gasteiger partial charge >= 0.3 is 0 Å². The number of hydrogen-bond acceptors (Lipinski definition) is 6. The van der Waals surface area contributed by atoms with E-state index in [0.29, 0.717) is 35.4 Å². The summed E-state index contributed by atoms with van der Waals surface area (Å²) in [5.74, 6) is 0.808. The van der Waals surface area contributed by atoms with Gasteiger partial charge in [0, 0.05) is 42.1 Å². The third kappa shape index (κ3) is 3.65. The Morgan fingerprint density at radius 3 is 2.52 bits per heavy atom. The summed E-state index contributed by atoms with van der Waals surface area (Å²) in [6.07, 6.45) is 1.44. The van der Waals surface area contributed by atoms with Crippen molar-refractivity contribution in [2.75, 3.05) is 18.0 Å². The third-order valence-corrected chi connectivity index (χ3v) is 5.36. The molecule has 0 saturated carbocycles. The van der Waals surface area contributed by atoms with E-state index < -0.39 is 4.92 Å². The molecule has 1 saturated heterocycles. The monoisotopic (exact) mass is 386 g/mol. The minimum Gasteiger partial charge on any atom is -0.357 e. The molecule has 3 aromatic rings. The fourth-order valence-electron chi connectivity index (χ4n) is 3.78. The van der Waals surface area contributed by atoms with Crippen molar-refractivity contribution in [3.05, 3.63) is 75.8 Å². The molecule has 0 spiro atoms. The number of fused-ring (bicyclic) bond motifs is 1. The van der Waals surface area contributed by atoms with Crippen LogP contribution in [-0.2, 0) is 0 Å². The number of nitro groups is 1. The highest BCUT2D eigenvalue weighted by Gasteiger charge is 2.27. The molecule has 7 heteroatoms. The summed E-state index contributed by atoms with van der Waals surface area (Å²) in [4.78, 5) is 29.9. The molecule has 0 amide bonds. The molecule has 29 heavy (non-hydrogen) atoms. The lowest BCUT2D eigenvalue weighted by molar-refractivity contribution is -0.384. The summed E-state index contributed by atoms with van der Waals surface area (Å²) in [6.45, 7) is 1.33. The number of carbonyl (C=O) groups is 1. The fraction of sp³-hybridized carbons (Fsp3) is 0.227. The molecule has 4 rings (SSSR count). The summed E-state index contributed by atoms with van der Waals surface area (Å²) < 4.78 is 0. The Kier molecular flexibility index (Phi) is 4.92. The Labute approximate surface area is 167 Å². The lowest BCUT2D eigenvalue weighted by atomic mass is 9.89. The highest BCUT2D eigenvalue weighted by atomic mass is 16.6. The first-order valence-electron chi connectivity index (χ1n) is 9.40. The summed E-state index contributed by atoms with van der Waals surface area (Å²) in [5, 5.41) is 21.0. The van der Waals surface area contributed by atoms with Gasteiger partial charge in [0.1, 0.15) is 5.82 Å². The van der Waals surface area contributed by atoms with Crippen LogP contribution in [0.5, 0.6) is 0 Å². The number of anilines is 1. The van der Waals surface area contributed by atoms with Gasteiger partial charge in [0.05, 0.1) is 22.1 Å². The predicted octanol–water partition coefficient (Wildman–Crippen LogP) is 4.11. The van der Waals surface area contributed by atoms with Crippen molar-refractivity contribution in [3.8, 4) is 6.07 Å². The van der Waals surface area contributed by atoms with Gasteiger partial charge in [-0.25, -0.2) is 4.98 Å². The number of pyridine rings is 1. The molecule has 0 unspecified atom stereocenters. The predicted molar refractivity (Wildman–Crippen MR) is 109 cm³/mol. The van der Waals surface area contributed by atoms with Crippen LogP contribution in [0.25, 0.3) is 10.9 Å². The van der Waals surface area contributed by atoms with Gasteiger partial charge in [0.2, 0.25) is 0 Å². The van der Waals surface area contributed by atoms with Crippen LogP contribution in [0.1, 0.15) is 28.8 Å². The SMILES string of the molecule is N#Cc1cc(N2CCC(C(=O)c3ccccc3)CC2)nc2ccc([N+](=O)[O-])cc12. The molecule has 0 radical (unpaired) electrons. The van der Waals surface area contributed by atoms with E-state index in [4.69, 9.17) is 0 Å². The van der Waals surface area contributed by atoms with Crippen LogP contribution in [0.2, 0.25) is 0 Å². The second-order valence-electron chi connectivity index (χ2n) is 7.09. The first-order valence-corrected chi connectivity index (χ1v) is 9.40. The van der Waals surface area contributed by atoms with E-state index in [1.807, 2.05) is 30.3 Å². The number of Topliss-reactive ketones (excluding diaryl/α,β-unsaturated/α-hetero) is 1. The normalized spacial score (nSPS) is 14.5. The van der Waals surface area contributed by atoms with Gasteiger partial charge in [-0.3, -0.25) is 14.9 Å². The summed E-state index contributed by atoms with van der Waals surface area (Å²) in [6, 6.07) is 17.5. The van der Waals surface area contributed by atoms with Crippen LogP contribution >= 0.6 is 0 Å². The van der Waals surface area contributed by atoms with Crippen molar-refractivity contribution < 1.29 is 9.72 Å². The first-order chi connectivity index (χ1) is 14.1. The third-order valence-electron chi connectivity index (χ3n) is 5.36. The van der Waals surface area contributed by atoms with Crippen molar-refractivity contribution in [2.45, 2.75) is 12.8 Å². The Morgan fingerprint density at radius 2 is 1.86 bits per heavy atom. The summed E-state index contributed by atoms with van der Waals surface area (Å²) >= 11 is 0. The molecule has 1 aromatic heterocycles. The number of rotatable bonds is 4. The molecule has 1 aliphatic rings. The number of carbonyl (C=O) groups excluding carboxylic acids is 1. The molecule has 0 bridgehead atoms. The molecule has 0 N–H and O–H groups in total. The van der Waals surface area contributed by atoms with Crippen LogP contribution in [0.15, 0.2) is 54.6 Å². The van der Waals surface area contributed by atoms with Crippen LogP contribution < -0.4 is 4.90 Å². The highest BCUT2D eigenvalue weighted by molar-refractivity contribution is 5.98. The molecule has 2 heterocycles. The van der Waals surface area contributed by atoms with Crippen molar-refractivity contribution in [1.82, 2.24) is 4.98 Å². The van der Waals surface area contributed by atoms with E-state index in [9.17, 15) is 20.2 Å². The lowest BCUT2D eigenvalue weighted by Crippen LogP contribution is -2.36. The van der Waals surface area contributed by atoms with Crippen molar-refractivity contribution in [1.29, 1.82) is 5.26 Å². The van der Waals surface area contributed by atoms with Crippen LogP contribution in [0.4, 0.5) is 11.5 Å². The zero-order valence-electron chi connectivity index (χ0n) is 15.6. The molecule has 1 aliphatic heterocycles. The second kappa shape index (κ2) is 7.68. The maximum absolute atomic E-state index is 12.7. The van der Waals surface area contributed by atoms with Gasteiger partial charge in [0.25, 0.3) is 5.69 Å². The van der Waals surface area contributed by atoms with E-state index in [1.54, 1.807) is 12.1 Å². The molecule has 2 aromatic carbocycles. The highest BCUT2D eigenvalue weighted by Crippen LogP contribution is 2.29. The summed E-state index contributed by atoms with van der Waals surface area (Å²) in [7, 11) is 0. The van der Waals surface area contributed by atoms with Crippen LogP contribution in [0.3, 0.4) is 0 Å². The van der Waals surface area contributed by atoms with Gasteiger partial charge in [-0.2, -0.15) is 5.26 Å². The number of ketones is 1. The number of nitro benzene ring substituents is 1. The first kappa shape index (κ1) is 18.6. The molecule has 7 nitrogen and oxygen atoms in total. The Hall–Kier alpha value is -3.79. The fourth-order valence-corrected chi connectivity index (χ4v) is 3.78. The number of non-ortho nitro benzene ring substituents is 1. The minimum atomic E-state index is -0.483. The standard InChI is InChI=1S/C22H18N4O3/c23-14-17-12-21(24-20-7-6-18(26(28)29)13-19(17)20)25-10-8-16(9-11-25)22(27)15-4-2-1-3-5-15/h1-7,12-13,16H,8-11H2. The molecule has 0 aliphatic carbocycles. The number of benzene rings is 2. The zero-order chi connectivity index (χ0) is 20.4. The maximum atomic E-state index is 12.7. The molecular weight excluding hydrogens is 368 g/mol. The van der Waals surface area contributed by atoms with Crippen LogP contribution in [0, 0.1) is 27.4 Å². The van der Waals surface area contributed by atoms with Crippen molar-refractivity contribution in [3.63, 3.8) is 0 Å². The van der Waals surface area contributed by atoms with Gasteiger partial charge in [-0.1, -0.05) is 30.3 Å². The lowest BCUT2D eigenvalue weighted by Gasteiger charge is -2.32. The van der Waals surface area contributed by atoms with Gasteiger partial charge in [-0.15, -0.1) is 0 Å². The molecule has 144 valence electrons. The average molecular weight is 386 g/mol. The molecule has 0 atom stereocenters. The average Bonchev–Trinajstić information content (AvgIpc) is 2.78. The smallest absolute Gasteiger partial charge is 0.270 e. The molecular formula is C22H18N4O3. The van der Waals surface area contributed by atoms with Gasteiger partial charge in [0.15, 0.2) is 5.78 Å². The van der Waals surface area contributed by atoms with Crippen molar-refractivity contribution in [2.24, 2.45) is 5.92 Å². The zero-order valence-corrected chi connectivity index (χ0v) is 15.6. The number of hydrogen-bond donors (Lipinski definition) is 0. The number of aromatic nitrogens is 1. The minimum absolute atomic E-state index is 0.0211. The number of nitriles is 1. The molecule has 1 fully saturated rings. The summed E-state index contributed by atoms with van der Waals surface area (Å²) in [5.41, 5.74) is 1.58. The maximum Gasteiger partial charge on any atom is 0.270 e. The Morgan fingerprint density at radius 1 is 1.14 bits per heavy atom. The largest absolute Gasteiger partial charge is 0.357 e. The number of nitrogens with zero attached hydrogens (tertiary/aromatic N) is 4. The Bertz CT molecular complexity index is 1130. The van der Waals surface area contributed by atoms with Crippen molar-refractivity contribution >= 4 is 28.2 Å². The van der Waals surface area contributed by atoms with Crippen LogP contribution in [-0.4, -0.2) is 28.8 Å². The second-order valence-corrected chi connectivity index (χ2v) is 7.09. The number of piperidine rings is 1. The van der Waals surface area contributed by atoms with E-state index in [2.05, 4.69) is 16.0 Å². The van der Waals surface area contributed by atoms with Gasteiger partial charge < -0.3 is 4.90 Å². The van der Waals surface area contributed by atoms with E-state index >= 15 is 0 Å². The van der Waals surface area contributed by atoms with E-state index in [1.165, 1.54) is 12.1 Å². The van der Waals surface area contributed by atoms with Gasteiger partial charge in [-0.05, 0) is 25.0 Å². The topological polar surface area (TPSA) is 100 Å². The quantitative estimate of drug-likeness (QED) is 0.380. The van der Waals surface area contributed by atoms with E-state index in [0.717, 1.165) is 18.4 Å². The van der Waals surface area contributed by atoms with E-state index in [-0.39, 0.29) is 17.4 Å². The Balaban J connectivity index is 1.55.